The van der Waals surface area contributed by atoms with Crippen molar-refractivity contribution in [1.29, 1.82) is 0 Å². The van der Waals surface area contributed by atoms with Crippen LogP contribution >= 0.6 is 0 Å². The maximum atomic E-state index is 12.8. The molecule has 1 aliphatic rings. The normalized spacial score (nSPS) is 16.5. The Morgan fingerprint density at radius 3 is 2.57 bits per heavy atom. The van der Waals surface area contributed by atoms with E-state index in [0.717, 1.165) is 34.7 Å². The highest BCUT2D eigenvalue weighted by molar-refractivity contribution is 6.04. The Kier molecular flexibility index (Phi) is 6.02. The third-order valence-electron chi connectivity index (χ3n) is 5.00. The summed E-state index contributed by atoms with van der Waals surface area (Å²) >= 11 is 0. The standard InChI is InChI=1S/C23H28N2O3/c1-5-17-8-6-7-16(4)22(17)24-23(27)18-13-21(26)25(14-18)19-9-11-20(12-10-19)28-15(2)3/h6-12,15,18H,5,13-14H2,1-4H3,(H,24,27)/t18-/m0/s1. The largest absolute Gasteiger partial charge is 0.491 e. The van der Waals surface area contributed by atoms with E-state index < -0.39 is 0 Å². The smallest absolute Gasteiger partial charge is 0.229 e. The molecule has 0 unspecified atom stereocenters. The van der Waals surface area contributed by atoms with Gasteiger partial charge in [0.15, 0.2) is 0 Å². The Labute approximate surface area is 166 Å². The second-order valence-electron chi connectivity index (χ2n) is 7.52. The molecule has 2 aromatic rings. The van der Waals surface area contributed by atoms with Gasteiger partial charge in [0.05, 0.1) is 12.0 Å². The fraction of sp³-hybridized carbons (Fsp3) is 0.391. The van der Waals surface area contributed by atoms with Gasteiger partial charge < -0.3 is 15.0 Å². The molecule has 1 N–H and O–H groups in total. The number of nitrogens with zero attached hydrogens (tertiary/aromatic N) is 1. The SMILES string of the molecule is CCc1cccc(C)c1NC(=O)[C@H]1CC(=O)N(c2ccc(OC(C)C)cc2)C1. The Morgan fingerprint density at radius 1 is 1.21 bits per heavy atom. The molecule has 5 heteroatoms. The summed E-state index contributed by atoms with van der Waals surface area (Å²) in [6.07, 6.45) is 1.17. The first-order chi connectivity index (χ1) is 13.4. The van der Waals surface area contributed by atoms with Crippen molar-refractivity contribution < 1.29 is 14.3 Å². The van der Waals surface area contributed by atoms with Gasteiger partial charge in [-0.2, -0.15) is 0 Å². The summed E-state index contributed by atoms with van der Waals surface area (Å²) < 4.78 is 5.65. The summed E-state index contributed by atoms with van der Waals surface area (Å²) in [5.41, 5.74) is 3.81. The number of hydrogen-bond donors (Lipinski definition) is 1. The lowest BCUT2D eigenvalue weighted by Gasteiger charge is -2.18. The van der Waals surface area contributed by atoms with E-state index in [-0.39, 0.29) is 30.3 Å². The van der Waals surface area contributed by atoms with Gasteiger partial charge in [-0.1, -0.05) is 25.1 Å². The first kappa shape index (κ1) is 19.9. The molecule has 0 aromatic heterocycles. The molecule has 1 saturated heterocycles. The molecule has 1 fully saturated rings. The molecular formula is C23H28N2O3. The molecule has 1 heterocycles. The number of carbonyl (C=O) groups is 2. The average Bonchev–Trinajstić information content (AvgIpc) is 3.05. The number of benzene rings is 2. The average molecular weight is 380 g/mol. The number of carbonyl (C=O) groups excluding carboxylic acids is 2. The zero-order valence-corrected chi connectivity index (χ0v) is 17.0. The first-order valence-corrected chi connectivity index (χ1v) is 9.85. The molecule has 148 valence electrons. The summed E-state index contributed by atoms with van der Waals surface area (Å²) in [4.78, 5) is 27.0. The van der Waals surface area contributed by atoms with Crippen LogP contribution < -0.4 is 15.0 Å². The lowest BCUT2D eigenvalue weighted by atomic mass is 10.0. The van der Waals surface area contributed by atoms with E-state index in [2.05, 4.69) is 12.2 Å². The van der Waals surface area contributed by atoms with Crippen molar-refractivity contribution in [3.05, 3.63) is 53.6 Å². The van der Waals surface area contributed by atoms with Gasteiger partial charge >= 0.3 is 0 Å². The van der Waals surface area contributed by atoms with Crippen LogP contribution in [-0.4, -0.2) is 24.5 Å². The van der Waals surface area contributed by atoms with Gasteiger partial charge in [0, 0.05) is 24.3 Å². The Bertz CT molecular complexity index is 859. The van der Waals surface area contributed by atoms with E-state index >= 15 is 0 Å². The van der Waals surface area contributed by atoms with Crippen molar-refractivity contribution in [2.24, 2.45) is 5.92 Å². The number of anilines is 2. The van der Waals surface area contributed by atoms with E-state index in [0.29, 0.717) is 6.54 Å². The van der Waals surface area contributed by atoms with Crippen LogP contribution in [0.25, 0.3) is 0 Å². The number of amides is 2. The second kappa shape index (κ2) is 8.46. The van der Waals surface area contributed by atoms with E-state index in [1.165, 1.54) is 0 Å². The number of para-hydroxylation sites is 1. The molecule has 1 atom stereocenters. The second-order valence-corrected chi connectivity index (χ2v) is 7.52. The maximum Gasteiger partial charge on any atom is 0.229 e. The van der Waals surface area contributed by atoms with Crippen LogP contribution in [0, 0.1) is 12.8 Å². The quantitative estimate of drug-likeness (QED) is 0.811. The van der Waals surface area contributed by atoms with Crippen LogP contribution in [-0.2, 0) is 16.0 Å². The van der Waals surface area contributed by atoms with Gasteiger partial charge in [-0.25, -0.2) is 0 Å². The highest BCUT2D eigenvalue weighted by Crippen LogP contribution is 2.29. The minimum atomic E-state index is -0.358. The topological polar surface area (TPSA) is 58.6 Å². The van der Waals surface area contributed by atoms with Gasteiger partial charge in [0.1, 0.15) is 5.75 Å². The number of ether oxygens (including phenoxy) is 1. The predicted octanol–water partition coefficient (Wildman–Crippen LogP) is 4.34. The van der Waals surface area contributed by atoms with Gasteiger partial charge in [-0.3, -0.25) is 9.59 Å². The molecule has 5 nitrogen and oxygen atoms in total. The Morgan fingerprint density at radius 2 is 1.93 bits per heavy atom. The monoisotopic (exact) mass is 380 g/mol. The van der Waals surface area contributed by atoms with E-state index in [4.69, 9.17) is 4.74 Å². The van der Waals surface area contributed by atoms with Crippen molar-refractivity contribution in [1.82, 2.24) is 0 Å². The highest BCUT2D eigenvalue weighted by Gasteiger charge is 2.35. The zero-order valence-electron chi connectivity index (χ0n) is 17.0. The van der Waals surface area contributed by atoms with Gasteiger partial charge in [-0.15, -0.1) is 0 Å². The Hall–Kier alpha value is -2.82. The third-order valence-corrected chi connectivity index (χ3v) is 5.00. The van der Waals surface area contributed by atoms with Crippen LogP contribution in [0.2, 0.25) is 0 Å². The van der Waals surface area contributed by atoms with Crippen LogP contribution in [0.3, 0.4) is 0 Å². The van der Waals surface area contributed by atoms with Crippen LogP contribution in [0.15, 0.2) is 42.5 Å². The van der Waals surface area contributed by atoms with Crippen molar-refractivity contribution in [3.63, 3.8) is 0 Å². The molecule has 0 radical (unpaired) electrons. The summed E-state index contributed by atoms with van der Waals surface area (Å²) in [5.74, 6) is 0.285. The van der Waals surface area contributed by atoms with Crippen LogP contribution in [0.4, 0.5) is 11.4 Å². The lowest BCUT2D eigenvalue weighted by molar-refractivity contribution is -0.122. The minimum absolute atomic E-state index is 0.0295. The molecule has 0 saturated carbocycles. The summed E-state index contributed by atoms with van der Waals surface area (Å²) in [7, 11) is 0. The van der Waals surface area contributed by atoms with Crippen molar-refractivity contribution >= 4 is 23.2 Å². The Balaban J connectivity index is 1.70. The maximum absolute atomic E-state index is 12.8. The minimum Gasteiger partial charge on any atom is -0.491 e. The van der Waals surface area contributed by atoms with Gasteiger partial charge in [0.25, 0.3) is 0 Å². The molecular weight excluding hydrogens is 352 g/mol. The van der Waals surface area contributed by atoms with Gasteiger partial charge in [0.2, 0.25) is 11.8 Å². The number of aryl methyl sites for hydroxylation is 2. The molecule has 28 heavy (non-hydrogen) atoms. The van der Waals surface area contributed by atoms with E-state index in [1.54, 1.807) is 4.90 Å². The molecule has 2 aromatic carbocycles. The molecule has 0 bridgehead atoms. The van der Waals surface area contributed by atoms with Crippen LogP contribution in [0.1, 0.15) is 38.3 Å². The number of hydrogen-bond acceptors (Lipinski definition) is 3. The van der Waals surface area contributed by atoms with Crippen molar-refractivity contribution in [3.8, 4) is 5.75 Å². The summed E-state index contributed by atoms with van der Waals surface area (Å²) in [6.45, 7) is 8.39. The molecule has 0 spiro atoms. The zero-order chi connectivity index (χ0) is 20.3. The van der Waals surface area contributed by atoms with Crippen molar-refractivity contribution in [2.45, 2.75) is 46.6 Å². The van der Waals surface area contributed by atoms with Crippen LogP contribution in [0.5, 0.6) is 5.75 Å². The summed E-state index contributed by atoms with van der Waals surface area (Å²) in [6, 6.07) is 13.5. The van der Waals surface area contributed by atoms with Gasteiger partial charge in [-0.05, 0) is 62.6 Å². The fourth-order valence-corrected chi connectivity index (χ4v) is 3.54. The van der Waals surface area contributed by atoms with E-state index in [9.17, 15) is 9.59 Å². The number of nitrogens with one attached hydrogen (secondary N) is 1. The predicted molar refractivity (Wildman–Crippen MR) is 112 cm³/mol. The third kappa shape index (κ3) is 4.35. The number of rotatable bonds is 6. The molecule has 3 rings (SSSR count). The fourth-order valence-electron chi connectivity index (χ4n) is 3.54. The molecule has 1 aliphatic heterocycles. The molecule has 2 amide bonds. The summed E-state index contributed by atoms with van der Waals surface area (Å²) in [5, 5.41) is 3.06. The van der Waals surface area contributed by atoms with Crippen molar-refractivity contribution in [2.75, 3.05) is 16.8 Å². The first-order valence-electron chi connectivity index (χ1n) is 9.85. The lowest BCUT2D eigenvalue weighted by Crippen LogP contribution is -2.28. The highest BCUT2D eigenvalue weighted by atomic mass is 16.5. The molecule has 0 aliphatic carbocycles. The van der Waals surface area contributed by atoms with E-state index in [1.807, 2.05) is 63.2 Å².